The first-order valence-corrected chi connectivity index (χ1v) is 12.7. The van der Waals surface area contributed by atoms with Gasteiger partial charge < -0.3 is 10.1 Å². The molecule has 5 nitrogen and oxygen atoms in total. The molecule has 1 amide bonds. The number of aromatic nitrogens is 2. The zero-order chi connectivity index (χ0) is 24.4. The predicted octanol–water partition coefficient (Wildman–Crippen LogP) is 6.41. The maximum Gasteiger partial charge on any atom is 0.255 e. The van der Waals surface area contributed by atoms with E-state index in [1.807, 2.05) is 42.5 Å². The fourth-order valence-electron chi connectivity index (χ4n) is 6.25. The second-order valence-electron chi connectivity index (χ2n) is 9.96. The van der Waals surface area contributed by atoms with Crippen LogP contribution in [0.5, 0.6) is 5.75 Å². The number of nitrogens with zero attached hydrogens (tertiary/aromatic N) is 2. The number of nitrogens with one attached hydrogen (secondary N) is 1. The molecule has 180 valence electrons. The third-order valence-electron chi connectivity index (χ3n) is 7.91. The van der Waals surface area contributed by atoms with E-state index < -0.39 is 0 Å². The number of carbonyl (C=O) groups excluding carboxylic acids is 1. The molecule has 4 aromatic rings. The van der Waals surface area contributed by atoms with Gasteiger partial charge in [-0.15, -0.1) is 0 Å². The molecular weight excluding hydrogens is 446 g/mol. The normalized spacial score (nSPS) is 22.3. The van der Waals surface area contributed by atoms with Gasteiger partial charge in [-0.1, -0.05) is 36.8 Å². The van der Waals surface area contributed by atoms with E-state index >= 15 is 0 Å². The van der Waals surface area contributed by atoms with E-state index in [0.717, 1.165) is 23.8 Å². The number of carbonyl (C=O) groups is 1. The Kier molecular flexibility index (Phi) is 5.98. The average molecular weight is 476 g/mol. The third kappa shape index (κ3) is 4.26. The Morgan fingerprint density at radius 3 is 2.36 bits per heavy atom. The van der Waals surface area contributed by atoms with Crippen molar-refractivity contribution in [1.29, 1.82) is 0 Å². The van der Waals surface area contributed by atoms with Crippen molar-refractivity contribution < 1.29 is 9.53 Å². The maximum atomic E-state index is 12.8. The van der Waals surface area contributed by atoms with Crippen LogP contribution in [0.25, 0.3) is 0 Å². The summed E-state index contributed by atoms with van der Waals surface area (Å²) in [6, 6.07) is 26.4. The minimum absolute atomic E-state index is 0.0131. The molecule has 2 fully saturated rings. The number of benzene rings is 2. The highest BCUT2D eigenvalue weighted by atomic mass is 16.5. The number of rotatable bonds is 7. The molecular formula is C31H29N3O2. The lowest BCUT2D eigenvalue weighted by atomic mass is 9.64. The second kappa shape index (κ2) is 9.57. The summed E-state index contributed by atoms with van der Waals surface area (Å²) in [5.41, 5.74) is 4.89. The Morgan fingerprint density at radius 2 is 1.72 bits per heavy atom. The molecule has 0 unspecified atom stereocenters. The summed E-state index contributed by atoms with van der Waals surface area (Å²) in [6.45, 7) is 0.457. The topological polar surface area (TPSA) is 64.1 Å². The first-order chi connectivity index (χ1) is 17.7. The Labute approximate surface area is 211 Å². The van der Waals surface area contributed by atoms with E-state index in [1.54, 1.807) is 18.6 Å². The molecule has 3 atom stereocenters. The second-order valence-corrected chi connectivity index (χ2v) is 9.96. The molecule has 0 saturated heterocycles. The van der Waals surface area contributed by atoms with E-state index in [0.29, 0.717) is 23.8 Å². The Bertz CT molecular complexity index is 1320. The fourth-order valence-corrected chi connectivity index (χ4v) is 6.25. The van der Waals surface area contributed by atoms with E-state index in [2.05, 4.69) is 51.7 Å². The molecule has 2 aromatic carbocycles. The molecule has 0 radical (unpaired) electrons. The minimum atomic E-state index is -0.119. The van der Waals surface area contributed by atoms with Crippen molar-refractivity contribution in [3.05, 3.63) is 120 Å². The molecule has 36 heavy (non-hydrogen) atoms. The van der Waals surface area contributed by atoms with Crippen molar-refractivity contribution in [2.75, 3.05) is 5.32 Å². The van der Waals surface area contributed by atoms with Crippen molar-refractivity contribution in [3.63, 3.8) is 0 Å². The van der Waals surface area contributed by atoms with Gasteiger partial charge in [0.2, 0.25) is 0 Å². The van der Waals surface area contributed by atoms with Crippen LogP contribution in [0.4, 0.5) is 5.69 Å². The summed E-state index contributed by atoms with van der Waals surface area (Å²) < 4.78 is 5.99. The van der Waals surface area contributed by atoms with Crippen LogP contribution >= 0.6 is 0 Å². The van der Waals surface area contributed by atoms with Crippen LogP contribution in [0.1, 0.15) is 52.9 Å². The molecule has 0 spiro atoms. The molecule has 1 N–H and O–H groups in total. The highest BCUT2D eigenvalue weighted by molar-refractivity contribution is 6.04. The highest BCUT2D eigenvalue weighted by Crippen LogP contribution is 2.60. The summed E-state index contributed by atoms with van der Waals surface area (Å²) in [6.07, 6.45) is 10.1. The summed E-state index contributed by atoms with van der Waals surface area (Å²) in [5.74, 6) is 2.12. The van der Waals surface area contributed by atoms with E-state index in [9.17, 15) is 4.79 Å². The standard InChI is InChI=1S/C31H29N3O2/c35-30(34-27-5-3-16-32-20-27)23-7-10-24(11-8-23)31(19-22-6-9-26(31)18-22)25-12-14-29(15-13-25)36-21-28-4-1-2-17-33-28/h1-5,7-8,10-17,20,22,26H,6,9,18-19,21H2,(H,34,35)/t22-,26+,31-/m1/s1. The summed E-state index contributed by atoms with van der Waals surface area (Å²) in [5, 5.41) is 2.93. The number of hydrogen-bond donors (Lipinski definition) is 1. The summed E-state index contributed by atoms with van der Waals surface area (Å²) >= 11 is 0. The zero-order valence-electron chi connectivity index (χ0n) is 20.1. The van der Waals surface area contributed by atoms with Crippen molar-refractivity contribution in [1.82, 2.24) is 9.97 Å². The lowest BCUT2D eigenvalue weighted by Crippen LogP contribution is -2.34. The van der Waals surface area contributed by atoms with Gasteiger partial charge in [-0.2, -0.15) is 0 Å². The highest BCUT2D eigenvalue weighted by Gasteiger charge is 2.52. The largest absolute Gasteiger partial charge is 0.487 e. The summed E-state index contributed by atoms with van der Waals surface area (Å²) in [4.78, 5) is 21.2. The molecule has 0 aliphatic heterocycles. The fraction of sp³-hybridized carbons (Fsp3) is 0.258. The average Bonchev–Trinajstić information content (AvgIpc) is 3.56. The van der Waals surface area contributed by atoms with Crippen LogP contribution in [0, 0.1) is 11.8 Å². The Hall–Kier alpha value is -3.99. The van der Waals surface area contributed by atoms with E-state index in [4.69, 9.17) is 4.74 Å². The molecule has 2 saturated carbocycles. The third-order valence-corrected chi connectivity index (χ3v) is 7.91. The number of fused-ring (bicyclic) bond motifs is 2. The molecule has 2 aliphatic carbocycles. The molecule has 2 heterocycles. The number of hydrogen-bond acceptors (Lipinski definition) is 4. The van der Waals surface area contributed by atoms with Gasteiger partial charge in [-0.25, -0.2) is 0 Å². The zero-order valence-corrected chi connectivity index (χ0v) is 20.1. The number of pyridine rings is 2. The van der Waals surface area contributed by atoms with Crippen LogP contribution in [0.15, 0.2) is 97.5 Å². The van der Waals surface area contributed by atoms with Gasteiger partial charge in [0.1, 0.15) is 12.4 Å². The maximum absolute atomic E-state index is 12.8. The van der Waals surface area contributed by atoms with Gasteiger partial charge in [-0.3, -0.25) is 14.8 Å². The van der Waals surface area contributed by atoms with Gasteiger partial charge in [0, 0.05) is 23.4 Å². The molecule has 5 heteroatoms. The first kappa shape index (κ1) is 22.5. The van der Waals surface area contributed by atoms with Gasteiger partial charge in [0.15, 0.2) is 0 Å². The van der Waals surface area contributed by atoms with Crippen LogP contribution in [-0.2, 0) is 12.0 Å². The smallest absolute Gasteiger partial charge is 0.255 e. The van der Waals surface area contributed by atoms with Gasteiger partial charge in [0.25, 0.3) is 5.91 Å². The molecule has 2 aliphatic rings. The number of anilines is 1. The van der Waals surface area contributed by atoms with E-state index in [-0.39, 0.29) is 11.3 Å². The van der Waals surface area contributed by atoms with Crippen molar-refractivity contribution in [2.24, 2.45) is 11.8 Å². The van der Waals surface area contributed by atoms with Crippen molar-refractivity contribution >= 4 is 11.6 Å². The van der Waals surface area contributed by atoms with Crippen LogP contribution in [0.2, 0.25) is 0 Å². The predicted molar refractivity (Wildman–Crippen MR) is 140 cm³/mol. The minimum Gasteiger partial charge on any atom is -0.487 e. The lowest BCUT2D eigenvalue weighted by Gasteiger charge is -2.39. The van der Waals surface area contributed by atoms with Crippen molar-refractivity contribution in [2.45, 2.75) is 37.7 Å². The molecule has 6 rings (SSSR count). The first-order valence-electron chi connectivity index (χ1n) is 12.7. The molecule has 2 aromatic heterocycles. The van der Waals surface area contributed by atoms with Gasteiger partial charge in [0.05, 0.1) is 17.6 Å². The van der Waals surface area contributed by atoms with Crippen molar-refractivity contribution in [3.8, 4) is 5.75 Å². The Morgan fingerprint density at radius 1 is 0.917 bits per heavy atom. The van der Waals surface area contributed by atoms with Crippen LogP contribution < -0.4 is 10.1 Å². The molecule has 2 bridgehead atoms. The van der Waals surface area contributed by atoms with Crippen LogP contribution in [-0.4, -0.2) is 15.9 Å². The van der Waals surface area contributed by atoms with E-state index in [1.165, 1.54) is 30.4 Å². The number of ether oxygens (including phenoxy) is 1. The number of amides is 1. The SMILES string of the molecule is O=C(Nc1cccnc1)c1ccc([C@@]2(c3ccc(OCc4ccccn4)cc3)C[C@@H]3CC[C@H]2C3)cc1. The lowest BCUT2D eigenvalue weighted by molar-refractivity contribution is 0.102. The quantitative estimate of drug-likeness (QED) is 0.335. The Balaban J connectivity index is 1.24. The van der Waals surface area contributed by atoms with Crippen LogP contribution in [0.3, 0.4) is 0 Å². The van der Waals surface area contributed by atoms with Gasteiger partial charge in [-0.05, 0) is 90.8 Å². The van der Waals surface area contributed by atoms with Gasteiger partial charge >= 0.3 is 0 Å². The summed E-state index contributed by atoms with van der Waals surface area (Å²) in [7, 11) is 0. The monoisotopic (exact) mass is 475 g/mol.